The minimum Gasteiger partial charge on any atom is -0.444 e. The minimum absolute atomic E-state index is 0.251. The largest absolute Gasteiger partial charge is 0.444 e. The molecular weight excluding hydrogens is 356 g/mol. The van der Waals surface area contributed by atoms with Crippen LogP contribution in [0.1, 0.15) is 32.8 Å². The fourth-order valence-corrected chi connectivity index (χ4v) is 3.64. The summed E-state index contributed by atoms with van der Waals surface area (Å²) in [6.45, 7) is 10.1. The molecule has 0 unspecified atom stereocenters. The molecule has 0 atom stereocenters. The molecule has 2 aromatic rings. The monoisotopic (exact) mass is 384 g/mol. The van der Waals surface area contributed by atoms with Crippen LogP contribution in [0.3, 0.4) is 0 Å². The zero-order valence-electron chi connectivity index (χ0n) is 16.8. The standard InChI is InChI=1S/C21H28N4O3/c1-21(2,3)28-20(26)25-6-4-15(5-7-25)16-13-22-18-12-19(23-14-17(16)18)24-8-10-27-11-9-24/h4,12-14,22H,5-11H2,1-3H3. The SMILES string of the molecule is CC(C)(C)OC(=O)N1CC=C(c2c[nH]c3cc(N4CCOCC4)ncc23)CC1. The maximum Gasteiger partial charge on any atom is 0.410 e. The molecule has 1 saturated heterocycles. The second kappa shape index (κ2) is 7.47. The highest BCUT2D eigenvalue weighted by Gasteiger charge is 2.24. The van der Waals surface area contributed by atoms with E-state index < -0.39 is 5.60 Å². The zero-order chi connectivity index (χ0) is 19.7. The number of nitrogens with one attached hydrogen (secondary N) is 1. The van der Waals surface area contributed by atoms with Gasteiger partial charge in [0.25, 0.3) is 0 Å². The molecule has 4 heterocycles. The maximum atomic E-state index is 12.3. The van der Waals surface area contributed by atoms with E-state index in [0.717, 1.165) is 49.4 Å². The first-order chi connectivity index (χ1) is 13.4. The Morgan fingerprint density at radius 1 is 1.25 bits per heavy atom. The van der Waals surface area contributed by atoms with Crippen molar-refractivity contribution in [1.82, 2.24) is 14.9 Å². The molecule has 0 saturated carbocycles. The topological polar surface area (TPSA) is 70.7 Å². The molecule has 7 heteroatoms. The van der Waals surface area contributed by atoms with Crippen LogP contribution in [0.4, 0.5) is 10.6 Å². The highest BCUT2D eigenvalue weighted by atomic mass is 16.6. The van der Waals surface area contributed by atoms with Crippen LogP contribution in [-0.2, 0) is 9.47 Å². The van der Waals surface area contributed by atoms with Gasteiger partial charge in [-0.3, -0.25) is 0 Å². The Labute approximate surface area is 165 Å². The van der Waals surface area contributed by atoms with Crippen LogP contribution in [0.25, 0.3) is 16.5 Å². The quantitative estimate of drug-likeness (QED) is 0.859. The Kier molecular flexibility index (Phi) is 5.02. The number of nitrogens with zero attached hydrogens (tertiary/aromatic N) is 3. The lowest BCUT2D eigenvalue weighted by atomic mass is 10.00. The van der Waals surface area contributed by atoms with Gasteiger partial charge in [-0.25, -0.2) is 9.78 Å². The molecule has 1 N–H and O–H groups in total. The smallest absolute Gasteiger partial charge is 0.410 e. The molecule has 2 aliphatic heterocycles. The van der Waals surface area contributed by atoms with Crippen molar-refractivity contribution in [1.29, 1.82) is 0 Å². The first kappa shape index (κ1) is 18.8. The van der Waals surface area contributed by atoms with Crippen molar-refractivity contribution in [2.24, 2.45) is 0 Å². The second-order valence-electron chi connectivity index (χ2n) is 8.30. The summed E-state index contributed by atoms with van der Waals surface area (Å²) in [5.74, 6) is 0.984. The van der Waals surface area contributed by atoms with E-state index in [9.17, 15) is 4.79 Å². The molecule has 0 radical (unpaired) electrons. The van der Waals surface area contributed by atoms with Gasteiger partial charge in [-0.1, -0.05) is 6.08 Å². The average Bonchev–Trinajstić information content (AvgIpc) is 3.11. The Balaban J connectivity index is 1.49. The maximum absolute atomic E-state index is 12.3. The van der Waals surface area contributed by atoms with Gasteiger partial charge in [-0.15, -0.1) is 0 Å². The summed E-state index contributed by atoms with van der Waals surface area (Å²) in [4.78, 5) is 24.3. The number of amides is 1. The molecule has 0 spiro atoms. The summed E-state index contributed by atoms with van der Waals surface area (Å²) in [5, 5.41) is 1.12. The number of morpholine rings is 1. The number of hydrogen-bond donors (Lipinski definition) is 1. The highest BCUT2D eigenvalue weighted by molar-refractivity contribution is 5.93. The molecule has 1 fully saturated rings. The van der Waals surface area contributed by atoms with Gasteiger partial charge < -0.3 is 24.3 Å². The van der Waals surface area contributed by atoms with Crippen LogP contribution in [-0.4, -0.2) is 66.0 Å². The second-order valence-corrected chi connectivity index (χ2v) is 8.30. The van der Waals surface area contributed by atoms with E-state index in [-0.39, 0.29) is 6.09 Å². The summed E-state index contributed by atoms with van der Waals surface area (Å²) in [6, 6.07) is 2.11. The fraction of sp³-hybridized carbons (Fsp3) is 0.524. The number of H-pyrrole nitrogens is 1. The van der Waals surface area contributed by atoms with Crippen molar-refractivity contribution in [3.8, 4) is 0 Å². The van der Waals surface area contributed by atoms with Gasteiger partial charge >= 0.3 is 6.09 Å². The van der Waals surface area contributed by atoms with Gasteiger partial charge in [0.1, 0.15) is 11.4 Å². The summed E-state index contributed by atoms with van der Waals surface area (Å²) >= 11 is 0. The van der Waals surface area contributed by atoms with E-state index in [2.05, 4.69) is 27.0 Å². The van der Waals surface area contributed by atoms with Crippen LogP contribution in [0.2, 0.25) is 0 Å². The number of aromatic amines is 1. The zero-order valence-corrected chi connectivity index (χ0v) is 16.8. The van der Waals surface area contributed by atoms with Crippen LogP contribution >= 0.6 is 0 Å². The van der Waals surface area contributed by atoms with Gasteiger partial charge in [0, 0.05) is 55.6 Å². The van der Waals surface area contributed by atoms with Gasteiger partial charge in [0.05, 0.1) is 18.7 Å². The number of aromatic nitrogens is 2. The molecule has 0 bridgehead atoms. The number of anilines is 1. The number of pyridine rings is 1. The van der Waals surface area contributed by atoms with E-state index in [1.54, 1.807) is 4.90 Å². The van der Waals surface area contributed by atoms with E-state index in [0.29, 0.717) is 13.1 Å². The van der Waals surface area contributed by atoms with Crippen molar-refractivity contribution in [2.75, 3.05) is 44.3 Å². The van der Waals surface area contributed by atoms with Crippen molar-refractivity contribution < 1.29 is 14.3 Å². The Morgan fingerprint density at radius 2 is 2.04 bits per heavy atom. The molecule has 4 rings (SSSR count). The predicted molar refractivity (Wildman–Crippen MR) is 110 cm³/mol. The van der Waals surface area contributed by atoms with E-state index in [1.807, 2.05) is 33.2 Å². The van der Waals surface area contributed by atoms with Crippen LogP contribution in [0.15, 0.2) is 24.5 Å². The van der Waals surface area contributed by atoms with Crippen molar-refractivity contribution in [3.05, 3.63) is 30.1 Å². The fourth-order valence-electron chi connectivity index (χ4n) is 3.64. The molecule has 28 heavy (non-hydrogen) atoms. The highest BCUT2D eigenvalue weighted by Crippen LogP contribution is 2.30. The van der Waals surface area contributed by atoms with Crippen molar-refractivity contribution >= 4 is 28.4 Å². The Bertz CT molecular complexity index is 891. The lowest BCUT2D eigenvalue weighted by Gasteiger charge is -2.29. The van der Waals surface area contributed by atoms with E-state index in [4.69, 9.17) is 9.47 Å². The number of ether oxygens (including phenoxy) is 2. The molecular formula is C21H28N4O3. The third-order valence-corrected chi connectivity index (χ3v) is 5.09. The molecule has 0 aromatic carbocycles. The molecule has 2 aromatic heterocycles. The van der Waals surface area contributed by atoms with Gasteiger partial charge in [0.15, 0.2) is 0 Å². The lowest BCUT2D eigenvalue weighted by Crippen LogP contribution is -2.39. The summed E-state index contributed by atoms with van der Waals surface area (Å²) < 4.78 is 10.9. The first-order valence-electron chi connectivity index (χ1n) is 9.88. The number of hydrogen-bond acceptors (Lipinski definition) is 5. The third-order valence-electron chi connectivity index (χ3n) is 5.09. The molecule has 7 nitrogen and oxygen atoms in total. The first-order valence-corrected chi connectivity index (χ1v) is 9.88. The number of fused-ring (bicyclic) bond motifs is 1. The Hall–Kier alpha value is -2.54. The minimum atomic E-state index is -0.470. The predicted octanol–water partition coefficient (Wildman–Crippen LogP) is 3.42. The van der Waals surface area contributed by atoms with Crippen LogP contribution < -0.4 is 4.90 Å². The third kappa shape index (κ3) is 3.99. The van der Waals surface area contributed by atoms with E-state index in [1.165, 1.54) is 11.1 Å². The summed E-state index contributed by atoms with van der Waals surface area (Å²) in [7, 11) is 0. The van der Waals surface area contributed by atoms with Crippen molar-refractivity contribution in [2.45, 2.75) is 32.8 Å². The molecule has 150 valence electrons. The molecule has 0 aliphatic carbocycles. The van der Waals surface area contributed by atoms with Crippen molar-refractivity contribution in [3.63, 3.8) is 0 Å². The van der Waals surface area contributed by atoms with Crippen LogP contribution in [0.5, 0.6) is 0 Å². The van der Waals surface area contributed by atoms with Gasteiger partial charge in [0.2, 0.25) is 0 Å². The summed E-state index contributed by atoms with van der Waals surface area (Å²) in [5.41, 5.74) is 3.02. The van der Waals surface area contributed by atoms with Gasteiger partial charge in [-0.05, 0) is 32.8 Å². The summed E-state index contributed by atoms with van der Waals surface area (Å²) in [6.07, 6.45) is 6.67. The van der Waals surface area contributed by atoms with Crippen LogP contribution in [0, 0.1) is 0 Å². The normalized spacial score (nSPS) is 18.3. The molecule has 2 aliphatic rings. The number of carbonyl (C=O) groups is 1. The number of rotatable bonds is 2. The number of carbonyl (C=O) groups excluding carboxylic acids is 1. The molecule has 1 amide bonds. The van der Waals surface area contributed by atoms with E-state index >= 15 is 0 Å². The Morgan fingerprint density at radius 3 is 2.71 bits per heavy atom. The lowest BCUT2D eigenvalue weighted by molar-refractivity contribution is 0.0270. The van der Waals surface area contributed by atoms with Gasteiger partial charge in [-0.2, -0.15) is 0 Å². The average molecular weight is 384 g/mol.